The molecule has 1 amide bonds. The first-order valence-electron chi connectivity index (χ1n) is 10.2. The smallest absolute Gasteiger partial charge is 0.480 e. The van der Waals surface area contributed by atoms with Crippen molar-refractivity contribution in [3.05, 3.63) is 66.2 Å². The maximum Gasteiger partial charge on any atom is 0.573 e. The molecule has 1 fully saturated rings. The van der Waals surface area contributed by atoms with Gasteiger partial charge in [0.2, 0.25) is 0 Å². The summed E-state index contributed by atoms with van der Waals surface area (Å²) in [5, 5.41) is 1.55. The van der Waals surface area contributed by atoms with Crippen LogP contribution < -0.4 is 14.4 Å². The Kier molecular flexibility index (Phi) is 6.13. The minimum absolute atomic E-state index is 0.101. The maximum atomic E-state index is 13.0. The van der Waals surface area contributed by atoms with Gasteiger partial charge in [-0.25, -0.2) is 0 Å². The van der Waals surface area contributed by atoms with Crippen molar-refractivity contribution < 1.29 is 37.0 Å². The molecule has 0 radical (unpaired) electrons. The number of nitrogens with zero attached hydrogens (tertiary/aromatic N) is 1. The van der Waals surface area contributed by atoms with Gasteiger partial charge in [0.1, 0.15) is 11.5 Å². The van der Waals surface area contributed by atoms with Gasteiger partial charge >= 0.3 is 12.3 Å². The summed E-state index contributed by atoms with van der Waals surface area (Å²) in [4.78, 5) is 26.1. The summed E-state index contributed by atoms with van der Waals surface area (Å²) in [6, 6.07) is 16.1. The number of halogens is 3. The summed E-state index contributed by atoms with van der Waals surface area (Å²) < 4.78 is 52.3. The summed E-state index contributed by atoms with van der Waals surface area (Å²) in [6.45, 7) is 0.289. The number of carbonyl (C=O) groups is 2. The van der Waals surface area contributed by atoms with E-state index in [1.807, 2.05) is 18.2 Å². The molecular weight excluding hydrogens is 439 g/mol. The Morgan fingerprint density at radius 3 is 2.55 bits per heavy atom. The van der Waals surface area contributed by atoms with Crippen LogP contribution in [0.1, 0.15) is 12.0 Å². The van der Waals surface area contributed by atoms with Gasteiger partial charge in [-0.1, -0.05) is 36.4 Å². The highest BCUT2D eigenvalue weighted by Gasteiger charge is 2.36. The molecule has 0 aliphatic carbocycles. The fourth-order valence-corrected chi connectivity index (χ4v) is 3.85. The molecule has 3 aromatic rings. The highest BCUT2D eigenvalue weighted by molar-refractivity contribution is 6.00. The quantitative estimate of drug-likeness (QED) is 0.503. The number of benzene rings is 3. The number of fused-ring (bicyclic) bond motifs is 1. The van der Waals surface area contributed by atoms with Gasteiger partial charge in [0.05, 0.1) is 13.5 Å². The van der Waals surface area contributed by atoms with Crippen molar-refractivity contribution in [3.8, 4) is 11.5 Å². The normalized spacial score (nSPS) is 16.2. The molecule has 1 saturated heterocycles. The van der Waals surface area contributed by atoms with Gasteiger partial charge in [-0.3, -0.25) is 9.59 Å². The molecule has 1 aliphatic rings. The predicted molar refractivity (Wildman–Crippen MR) is 114 cm³/mol. The zero-order chi connectivity index (χ0) is 23.6. The van der Waals surface area contributed by atoms with Crippen molar-refractivity contribution in [1.82, 2.24) is 0 Å². The van der Waals surface area contributed by atoms with Gasteiger partial charge in [0, 0.05) is 30.1 Å². The number of anilines is 1. The number of methoxy groups -OCH3 is 1. The van der Waals surface area contributed by atoms with E-state index in [-0.39, 0.29) is 24.8 Å². The van der Waals surface area contributed by atoms with E-state index >= 15 is 0 Å². The van der Waals surface area contributed by atoms with Gasteiger partial charge in [-0.2, -0.15) is 0 Å². The van der Waals surface area contributed by atoms with E-state index in [4.69, 9.17) is 9.47 Å². The SMILES string of the molecule is COC(=O)Cc1cccc2c(OC3CCN(c4cccc(OC(F)(F)F)c4)C3=O)cccc12. The molecule has 0 bridgehead atoms. The first kappa shape index (κ1) is 22.4. The zero-order valence-electron chi connectivity index (χ0n) is 17.6. The van der Waals surface area contributed by atoms with E-state index in [2.05, 4.69) is 4.74 Å². The van der Waals surface area contributed by atoms with Crippen LogP contribution >= 0.6 is 0 Å². The highest BCUT2D eigenvalue weighted by Crippen LogP contribution is 2.33. The monoisotopic (exact) mass is 459 g/mol. The second-order valence-electron chi connectivity index (χ2n) is 7.45. The minimum Gasteiger partial charge on any atom is -0.480 e. The average molecular weight is 459 g/mol. The molecular formula is C24H20F3NO5. The average Bonchev–Trinajstić information content (AvgIpc) is 3.13. The summed E-state index contributed by atoms with van der Waals surface area (Å²) in [6.07, 6.45) is -5.15. The number of alkyl halides is 3. The van der Waals surface area contributed by atoms with Gasteiger partial charge in [0.15, 0.2) is 6.10 Å². The molecule has 1 heterocycles. The fourth-order valence-electron chi connectivity index (χ4n) is 3.85. The summed E-state index contributed by atoms with van der Waals surface area (Å²) in [7, 11) is 1.32. The molecule has 1 atom stereocenters. The highest BCUT2D eigenvalue weighted by atomic mass is 19.4. The Hall–Kier alpha value is -3.75. The van der Waals surface area contributed by atoms with E-state index in [1.54, 1.807) is 24.3 Å². The number of carbonyl (C=O) groups excluding carboxylic acids is 2. The first-order valence-corrected chi connectivity index (χ1v) is 10.2. The van der Waals surface area contributed by atoms with Crippen LogP contribution in [-0.2, 0) is 20.7 Å². The van der Waals surface area contributed by atoms with E-state index < -0.39 is 18.2 Å². The van der Waals surface area contributed by atoms with Crippen LogP contribution in [0.15, 0.2) is 60.7 Å². The molecule has 6 nitrogen and oxygen atoms in total. The molecule has 1 aliphatic heterocycles. The van der Waals surface area contributed by atoms with Crippen molar-refractivity contribution in [1.29, 1.82) is 0 Å². The topological polar surface area (TPSA) is 65.1 Å². The predicted octanol–water partition coefficient (Wildman–Crippen LogP) is 4.64. The van der Waals surface area contributed by atoms with Gasteiger partial charge in [-0.05, 0) is 29.1 Å². The Morgan fingerprint density at radius 2 is 1.79 bits per heavy atom. The van der Waals surface area contributed by atoms with Gasteiger partial charge < -0.3 is 19.1 Å². The number of hydrogen-bond donors (Lipinski definition) is 0. The lowest BCUT2D eigenvalue weighted by Gasteiger charge is -2.19. The lowest BCUT2D eigenvalue weighted by atomic mass is 10.0. The maximum absolute atomic E-state index is 13.0. The van der Waals surface area contributed by atoms with Crippen LogP contribution in [0, 0.1) is 0 Å². The Balaban J connectivity index is 1.54. The minimum atomic E-state index is -4.82. The number of hydrogen-bond acceptors (Lipinski definition) is 5. The van der Waals surface area contributed by atoms with E-state index in [9.17, 15) is 22.8 Å². The lowest BCUT2D eigenvalue weighted by molar-refractivity contribution is -0.274. The Morgan fingerprint density at radius 1 is 1.06 bits per heavy atom. The third kappa shape index (κ3) is 5.02. The third-order valence-corrected chi connectivity index (χ3v) is 5.32. The second kappa shape index (κ2) is 9.01. The van der Waals surface area contributed by atoms with E-state index in [1.165, 1.54) is 30.2 Å². The number of rotatable bonds is 6. The molecule has 172 valence electrons. The van der Waals surface area contributed by atoms with Crippen LogP contribution in [0.5, 0.6) is 11.5 Å². The largest absolute Gasteiger partial charge is 0.573 e. The molecule has 1 unspecified atom stereocenters. The molecule has 0 saturated carbocycles. The second-order valence-corrected chi connectivity index (χ2v) is 7.45. The molecule has 4 rings (SSSR count). The molecule has 0 spiro atoms. The van der Waals surface area contributed by atoms with Crippen LogP contribution in [0.25, 0.3) is 10.8 Å². The standard InChI is InChI=1S/C24H20F3NO5/c1-31-22(29)13-15-5-2-9-19-18(15)8-4-10-20(19)32-21-11-12-28(23(21)30)16-6-3-7-17(14-16)33-24(25,26)27/h2-10,14,21H,11-13H2,1H3. The molecule has 0 N–H and O–H groups in total. The Labute approximate surface area is 187 Å². The van der Waals surface area contributed by atoms with Crippen LogP contribution in [0.3, 0.4) is 0 Å². The number of esters is 1. The zero-order valence-corrected chi connectivity index (χ0v) is 17.6. The van der Waals surface area contributed by atoms with E-state index in [0.29, 0.717) is 17.9 Å². The molecule has 3 aromatic carbocycles. The van der Waals surface area contributed by atoms with Crippen LogP contribution in [0.4, 0.5) is 18.9 Å². The molecule has 0 aromatic heterocycles. The van der Waals surface area contributed by atoms with Crippen molar-refractivity contribution in [2.45, 2.75) is 25.3 Å². The van der Waals surface area contributed by atoms with E-state index in [0.717, 1.165) is 16.3 Å². The molecule has 33 heavy (non-hydrogen) atoms. The lowest BCUT2D eigenvalue weighted by Crippen LogP contribution is -2.32. The van der Waals surface area contributed by atoms with Crippen molar-refractivity contribution in [2.75, 3.05) is 18.6 Å². The van der Waals surface area contributed by atoms with Crippen molar-refractivity contribution >= 4 is 28.3 Å². The van der Waals surface area contributed by atoms with Crippen molar-refractivity contribution in [3.63, 3.8) is 0 Å². The van der Waals surface area contributed by atoms with Crippen LogP contribution in [0.2, 0.25) is 0 Å². The van der Waals surface area contributed by atoms with Crippen LogP contribution in [-0.4, -0.2) is 38.0 Å². The third-order valence-electron chi connectivity index (χ3n) is 5.32. The number of amides is 1. The summed E-state index contributed by atoms with van der Waals surface area (Å²) in [5.41, 5.74) is 1.07. The molecule has 9 heteroatoms. The van der Waals surface area contributed by atoms with Gasteiger partial charge in [0.25, 0.3) is 5.91 Å². The number of ether oxygens (including phenoxy) is 3. The fraction of sp³-hybridized carbons (Fsp3) is 0.250. The van der Waals surface area contributed by atoms with Gasteiger partial charge in [-0.15, -0.1) is 13.2 Å². The van der Waals surface area contributed by atoms with Crippen molar-refractivity contribution in [2.24, 2.45) is 0 Å². The first-order chi connectivity index (χ1) is 15.7. The Bertz CT molecular complexity index is 1190. The summed E-state index contributed by atoms with van der Waals surface area (Å²) >= 11 is 0. The summed E-state index contributed by atoms with van der Waals surface area (Å²) in [5.74, 6) is -0.646.